The molecule has 0 fully saturated rings. The molecule has 0 saturated carbocycles. The van der Waals surface area contributed by atoms with Gasteiger partial charge in [-0.05, 0) is 47.9 Å². The van der Waals surface area contributed by atoms with Gasteiger partial charge in [-0.25, -0.2) is 10.4 Å². The lowest BCUT2D eigenvalue weighted by atomic mass is 10.1. The van der Waals surface area contributed by atoms with Crippen molar-refractivity contribution in [2.24, 2.45) is 0 Å². The van der Waals surface area contributed by atoms with Gasteiger partial charge in [0.1, 0.15) is 5.82 Å². The zero-order valence-corrected chi connectivity index (χ0v) is 15.9. The normalized spacial score (nSPS) is 13.0. The second-order valence-electron chi connectivity index (χ2n) is 6.98. The highest BCUT2D eigenvalue weighted by Gasteiger charge is 2.14. The molecule has 0 bridgehead atoms. The van der Waals surface area contributed by atoms with E-state index in [-0.39, 0.29) is 5.56 Å². The van der Waals surface area contributed by atoms with Crippen LogP contribution in [-0.4, -0.2) is 14.5 Å². The SMILES string of the molecule is Cc1ccccc1-n1c(/C=C/c2cccc3c2CNN3)nc2cnccc2c1=O. The van der Waals surface area contributed by atoms with E-state index >= 15 is 0 Å². The van der Waals surface area contributed by atoms with Crippen molar-refractivity contribution in [1.82, 2.24) is 20.0 Å². The number of hydrazine groups is 1. The summed E-state index contributed by atoms with van der Waals surface area (Å²) in [5.41, 5.74) is 11.9. The summed E-state index contributed by atoms with van der Waals surface area (Å²) in [7, 11) is 0. The average Bonchev–Trinajstić information content (AvgIpc) is 3.23. The molecule has 6 heteroatoms. The number of pyridine rings is 1. The number of hydrogen-bond donors (Lipinski definition) is 2. The van der Waals surface area contributed by atoms with Crippen LogP contribution in [0.5, 0.6) is 0 Å². The molecule has 4 aromatic rings. The number of anilines is 1. The lowest BCUT2D eigenvalue weighted by molar-refractivity contribution is 0.859. The predicted octanol–water partition coefficient (Wildman–Crippen LogP) is 3.69. The van der Waals surface area contributed by atoms with Gasteiger partial charge in [0.05, 0.1) is 28.5 Å². The van der Waals surface area contributed by atoms with Crippen LogP contribution in [0.3, 0.4) is 0 Å². The first-order valence-electron chi connectivity index (χ1n) is 9.44. The Morgan fingerprint density at radius 1 is 1.07 bits per heavy atom. The molecule has 0 saturated heterocycles. The van der Waals surface area contributed by atoms with Gasteiger partial charge in [0.2, 0.25) is 0 Å². The molecule has 0 spiro atoms. The van der Waals surface area contributed by atoms with Gasteiger partial charge < -0.3 is 5.43 Å². The first-order valence-corrected chi connectivity index (χ1v) is 9.44. The van der Waals surface area contributed by atoms with E-state index in [1.165, 1.54) is 5.56 Å². The molecule has 3 heterocycles. The van der Waals surface area contributed by atoms with Crippen molar-refractivity contribution < 1.29 is 0 Å². The molecule has 0 unspecified atom stereocenters. The van der Waals surface area contributed by atoms with E-state index in [9.17, 15) is 4.79 Å². The molecule has 142 valence electrons. The van der Waals surface area contributed by atoms with Crippen LogP contribution in [0.2, 0.25) is 0 Å². The van der Waals surface area contributed by atoms with Crippen LogP contribution >= 0.6 is 0 Å². The van der Waals surface area contributed by atoms with Crippen LogP contribution in [0.25, 0.3) is 28.7 Å². The summed E-state index contributed by atoms with van der Waals surface area (Å²) in [6, 6.07) is 15.6. The van der Waals surface area contributed by atoms with Crippen molar-refractivity contribution in [2.45, 2.75) is 13.5 Å². The average molecular weight is 381 g/mol. The monoisotopic (exact) mass is 381 g/mol. The van der Waals surface area contributed by atoms with Crippen molar-refractivity contribution in [3.63, 3.8) is 0 Å². The molecule has 2 aromatic carbocycles. The third kappa shape index (κ3) is 2.99. The minimum absolute atomic E-state index is 0.104. The number of para-hydroxylation sites is 1. The summed E-state index contributed by atoms with van der Waals surface area (Å²) < 4.78 is 1.67. The number of hydrogen-bond acceptors (Lipinski definition) is 5. The third-order valence-corrected chi connectivity index (χ3v) is 5.17. The van der Waals surface area contributed by atoms with Gasteiger partial charge in [-0.1, -0.05) is 36.4 Å². The third-order valence-electron chi connectivity index (χ3n) is 5.17. The van der Waals surface area contributed by atoms with Gasteiger partial charge in [-0.2, -0.15) is 0 Å². The fraction of sp³-hybridized carbons (Fsp3) is 0.0870. The largest absolute Gasteiger partial charge is 0.321 e. The summed E-state index contributed by atoms with van der Waals surface area (Å²) in [4.78, 5) is 22.2. The fourth-order valence-corrected chi connectivity index (χ4v) is 3.68. The Morgan fingerprint density at radius 3 is 2.86 bits per heavy atom. The number of nitrogens with zero attached hydrogens (tertiary/aromatic N) is 3. The first kappa shape index (κ1) is 17.3. The molecule has 2 N–H and O–H groups in total. The van der Waals surface area contributed by atoms with E-state index in [1.807, 2.05) is 55.5 Å². The van der Waals surface area contributed by atoms with Gasteiger partial charge >= 0.3 is 0 Å². The number of fused-ring (bicyclic) bond motifs is 2. The minimum atomic E-state index is -0.104. The molecule has 0 aliphatic carbocycles. The predicted molar refractivity (Wildman–Crippen MR) is 116 cm³/mol. The second kappa shape index (κ2) is 7.00. The maximum Gasteiger partial charge on any atom is 0.266 e. The standard InChI is InChI=1S/C23H19N5O/c1-15-5-2-3-8-21(15)28-22(26-20-14-24-12-11-17(20)23(28)29)10-9-16-6-4-7-19-18(16)13-25-27-19/h2-12,14,25,27H,13H2,1H3/b10-9+. The lowest BCUT2D eigenvalue weighted by Crippen LogP contribution is -2.23. The Hall–Kier alpha value is -3.77. The fourth-order valence-electron chi connectivity index (χ4n) is 3.68. The van der Waals surface area contributed by atoms with Crippen LogP contribution in [0.15, 0.2) is 65.7 Å². The van der Waals surface area contributed by atoms with Gasteiger partial charge in [-0.3, -0.25) is 14.3 Å². The van der Waals surface area contributed by atoms with E-state index in [0.29, 0.717) is 16.7 Å². The molecule has 0 amide bonds. The second-order valence-corrected chi connectivity index (χ2v) is 6.98. The van der Waals surface area contributed by atoms with Crippen molar-refractivity contribution in [3.8, 4) is 5.69 Å². The summed E-state index contributed by atoms with van der Waals surface area (Å²) >= 11 is 0. The number of benzene rings is 2. The maximum absolute atomic E-state index is 13.3. The summed E-state index contributed by atoms with van der Waals surface area (Å²) in [6.07, 6.45) is 7.15. The number of nitrogens with one attached hydrogen (secondary N) is 2. The molecule has 1 aliphatic heterocycles. The lowest BCUT2D eigenvalue weighted by Gasteiger charge is -2.13. The van der Waals surface area contributed by atoms with Crippen molar-refractivity contribution in [2.75, 3.05) is 5.43 Å². The van der Waals surface area contributed by atoms with Gasteiger partial charge in [0.15, 0.2) is 0 Å². The van der Waals surface area contributed by atoms with Crippen molar-refractivity contribution in [3.05, 3.63) is 93.8 Å². The summed E-state index contributed by atoms with van der Waals surface area (Å²) in [5.74, 6) is 0.571. The molecule has 5 rings (SSSR count). The highest BCUT2D eigenvalue weighted by molar-refractivity contribution is 5.80. The highest BCUT2D eigenvalue weighted by atomic mass is 16.1. The van der Waals surface area contributed by atoms with Gasteiger partial charge in [0, 0.05) is 12.7 Å². The number of rotatable bonds is 3. The molecule has 2 aromatic heterocycles. The van der Waals surface area contributed by atoms with Crippen molar-refractivity contribution in [1.29, 1.82) is 0 Å². The molecule has 1 aliphatic rings. The van der Waals surface area contributed by atoms with Crippen LogP contribution in [-0.2, 0) is 6.54 Å². The molecular formula is C23H19N5O. The Morgan fingerprint density at radius 2 is 1.97 bits per heavy atom. The van der Waals surface area contributed by atoms with E-state index < -0.39 is 0 Å². The van der Waals surface area contributed by atoms with E-state index in [0.717, 1.165) is 29.0 Å². The summed E-state index contributed by atoms with van der Waals surface area (Å²) in [5, 5.41) is 0.550. The maximum atomic E-state index is 13.3. The molecule has 0 radical (unpaired) electrons. The first-order chi connectivity index (χ1) is 14.2. The van der Waals surface area contributed by atoms with Crippen molar-refractivity contribution >= 4 is 28.7 Å². The Bertz CT molecular complexity index is 1320. The number of aromatic nitrogens is 3. The smallest absolute Gasteiger partial charge is 0.266 e. The number of aryl methyl sites for hydroxylation is 1. The quantitative estimate of drug-likeness (QED) is 0.566. The zero-order chi connectivity index (χ0) is 19.8. The molecule has 0 atom stereocenters. The highest BCUT2D eigenvalue weighted by Crippen LogP contribution is 2.25. The van der Waals surface area contributed by atoms with E-state index in [1.54, 1.807) is 23.0 Å². The Kier molecular flexibility index (Phi) is 4.18. The topological polar surface area (TPSA) is 71.8 Å². The zero-order valence-electron chi connectivity index (χ0n) is 15.9. The van der Waals surface area contributed by atoms with Crippen LogP contribution in [0.4, 0.5) is 5.69 Å². The van der Waals surface area contributed by atoms with Crippen LogP contribution in [0.1, 0.15) is 22.5 Å². The van der Waals surface area contributed by atoms with E-state index in [4.69, 9.17) is 4.98 Å². The molecule has 29 heavy (non-hydrogen) atoms. The minimum Gasteiger partial charge on any atom is -0.321 e. The van der Waals surface area contributed by atoms with Crippen LogP contribution < -0.4 is 16.4 Å². The van der Waals surface area contributed by atoms with E-state index in [2.05, 4.69) is 21.9 Å². The Labute approximate surface area is 167 Å². The Balaban J connectivity index is 1.73. The van der Waals surface area contributed by atoms with Crippen LogP contribution in [0, 0.1) is 6.92 Å². The summed E-state index contributed by atoms with van der Waals surface area (Å²) in [6.45, 7) is 2.74. The molecular weight excluding hydrogens is 362 g/mol. The molecule has 6 nitrogen and oxygen atoms in total. The van der Waals surface area contributed by atoms with Gasteiger partial charge in [0.25, 0.3) is 5.56 Å². The van der Waals surface area contributed by atoms with Gasteiger partial charge in [-0.15, -0.1) is 0 Å².